The summed E-state index contributed by atoms with van der Waals surface area (Å²) in [5.74, 6) is 0. The molecule has 3 rings (SSSR count). The number of hydrogen-bond donors (Lipinski definition) is 0. The molecule has 3 aromatic rings. The third-order valence-electron chi connectivity index (χ3n) is 3.03. The number of non-ortho nitro benzene ring substituents is 1. The average Bonchev–Trinajstić information content (AvgIpc) is 2.93. The monoisotopic (exact) mass is 330 g/mol. The highest BCUT2D eigenvalue weighted by Gasteiger charge is 2.04. The van der Waals surface area contributed by atoms with Crippen molar-refractivity contribution in [1.82, 2.24) is 9.38 Å². The van der Waals surface area contributed by atoms with Gasteiger partial charge in [0.1, 0.15) is 5.65 Å². The zero-order valence-electron chi connectivity index (χ0n) is 11.8. The lowest BCUT2D eigenvalue weighted by Gasteiger charge is -1.96. The Labute approximate surface area is 135 Å². The molecular formula is C15H11ClN4O3. The molecule has 8 heteroatoms. The van der Waals surface area contributed by atoms with Crippen molar-refractivity contribution in [3.63, 3.8) is 0 Å². The van der Waals surface area contributed by atoms with E-state index in [0.29, 0.717) is 16.3 Å². The van der Waals surface area contributed by atoms with Crippen LogP contribution in [0, 0.1) is 10.1 Å². The van der Waals surface area contributed by atoms with Crippen LogP contribution >= 0.6 is 11.6 Å². The molecule has 0 radical (unpaired) electrons. The van der Waals surface area contributed by atoms with Crippen molar-refractivity contribution in [3.8, 4) is 0 Å². The molecule has 0 aliphatic carbocycles. The Morgan fingerprint density at radius 3 is 3.04 bits per heavy atom. The van der Waals surface area contributed by atoms with Gasteiger partial charge in [-0.1, -0.05) is 28.9 Å². The fourth-order valence-electron chi connectivity index (χ4n) is 2.01. The first-order chi connectivity index (χ1) is 11.1. The van der Waals surface area contributed by atoms with Crippen LogP contribution < -0.4 is 0 Å². The summed E-state index contributed by atoms with van der Waals surface area (Å²) in [5, 5.41) is 15.1. The van der Waals surface area contributed by atoms with E-state index in [1.807, 2.05) is 0 Å². The summed E-state index contributed by atoms with van der Waals surface area (Å²) < 4.78 is 1.80. The summed E-state index contributed by atoms with van der Waals surface area (Å²) >= 11 is 5.91. The molecule has 0 aliphatic heterocycles. The third-order valence-corrected chi connectivity index (χ3v) is 3.26. The molecule has 0 bridgehead atoms. The topological polar surface area (TPSA) is 82.0 Å². The molecule has 0 N–H and O–H groups in total. The van der Waals surface area contributed by atoms with E-state index in [4.69, 9.17) is 16.4 Å². The Morgan fingerprint density at radius 2 is 2.22 bits per heavy atom. The van der Waals surface area contributed by atoms with Gasteiger partial charge in [-0.2, -0.15) is 0 Å². The summed E-state index contributed by atoms with van der Waals surface area (Å²) in [7, 11) is 0. The molecule has 0 fully saturated rings. The lowest BCUT2D eigenvalue weighted by Crippen LogP contribution is -1.91. The van der Waals surface area contributed by atoms with Crippen LogP contribution in [0.25, 0.3) is 5.65 Å². The Kier molecular flexibility index (Phi) is 4.20. The van der Waals surface area contributed by atoms with Gasteiger partial charge in [-0.05, 0) is 12.1 Å². The maximum Gasteiger partial charge on any atom is 0.270 e. The van der Waals surface area contributed by atoms with E-state index in [0.717, 1.165) is 5.65 Å². The summed E-state index contributed by atoms with van der Waals surface area (Å²) in [6.45, 7) is 0.185. The first kappa shape index (κ1) is 15.0. The van der Waals surface area contributed by atoms with E-state index in [1.165, 1.54) is 18.3 Å². The number of aromatic nitrogens is 2. The Morgan fingerprint density at radius 1 is 1.35 bits per heavy atom. The molecule has 0 unspecified atom stereocenters. The highest BCUT2D eigenvalue weighted by molar-refractivity contribution is 6.30. The second-order valence-electron chi connectivity index (χ2n) is 4.71. The third kappa shape index (κ3) is 3.64. The predicted molar refractivity (Wildman–Crippen MR) is 85.7 cm³/mol. The highest BCUT2D eigenvalue weighted by Crippen LogP contribution is 2.13. The minimum atomic E-state index is -0.458. The molecule has 0 atom stereocenters. The number of fused-ring (bicyclic) bond motifs is 1. The maximum atomic E-state index is 10.7. The predicted octanol–water partition coefficient (Wildman–Crippen LogP) is 3.45. The fraction of sp³-hybridized carbons (Fsp3) is 0.0667. The Bertz CT molecular complexity index is 891. The number of hydrogen-bond acceptors (Lipinski definition) is 5. The van der Waals surface area contributed by atoms with E-state index >= 15 is 0 Å². The van der Waals surface area contributed by atoms with E-state index in [-0.39, 0.29) is 12.3 Å². The largest absolute Gasteiger partial charge is 0.389 e. The van der Waals surface area contributed by atoms with Gasteiger partial charge in [-0.25, -0.2) is 4.98 Å². The molecule has 0 spiro atoms. The summed E-state index contributed by atoms with van der Waals surface area (Å²) in [5.41, 5.74) is 2.05. The number of imidazole rings is 1. The first-order valence-electron chi connectivity index (χ1n) is 6.65. The highest BCUT2D eigenvalue weighted by atomic mass is 35.5. The van der Waals surface area contributed by atoms with Gasteiger partial charge >= 0.3 is 0 Å². The molecule has 0 saturated heterocycles. The maximum absolute atomic E-state index is 10.7. The Hall–Kier alpha value is -2.93. The summed E-state index contributed by atoms with van der Waals surface area (Å²) in [6, 6.07) is 9.69. The minimum absolute atomic E-state index is 0.00572. The number of nitrogens with zero attached hydrogens (tertiary/aromatic N) is 4. The van der Waals surface area contributed by atoms with Gasteiger partial charge in [0.05, 0.1) is 21.9 Å². The van der Waals surface area contributed by atoms with Crippen molar-refractivity contribution < 1.29 is 9.76 Å². The van der Waals surface area contributed by atoms with Gasteiger partial charge in [0, 0.05) is 30.1 Å². The van der Waals surface area contributed by atoms with Crippen LogP contribution in [0.4, 0.5) is 5.69 Å². The van der Waals surface area contributed by atoms with E-state index in [9.17, 15) is 10.1 Å². The normalized spacial score (nSPS) is 11.2. The summed E-state index contributed by atoms with van der Waals surface area (Å²) in [4.78, 5) is 19.8. The van der Waals surface area contributed by atoms with Crippen molar-refractivity contribution in [2.24, 2.45) is 5.16 Å². The van der Waals surface area contributed by atoms with Crippen molar-refractivity contribution in [1.29, 1.82) is 0 Å². The van der Waals surface area contributed by atoms with Gasteiger partial charge in [-0.15, -0.1) is 0 Å². The van der Waals surface area contributed by atoms with Crippen LogP contribution in [0.5, 0.6) is 0 Å². The molecule has 23 heavy (non-hydrogen) atoms. The van der Waals surface area contributed by atoms with E-state index in [1.54, 1.807) is 41.1 Å². The van der Waals surface area contributed by atoms with Gasteiger partial charge in [0.15, 0.2) is 6.61 Å². The molecule has 0 amide bonds. The number of oxime groups is 1. The molecule has 1 aromatic carbocycles. The molecule has 0 saturated carbocycles. The second-order valence-corrected chi connectivity index (χ2v) is 5.14. The number of rotatable bonds is 5. The van der Waals surface area contributed by atoms with Gasteiger partial charge < -0.3 is 9.24 Å². The lowest BCUT2D eigenvalue weighted by atomic mass is 10.2. The molecular weight excluding hydrogens is 320 g/mol. The van der Waals surface area contributed by atoms with Gasteiger partial charge in [0.2, 0.25) is 0 Å². The standard InChI is InChI=1S/C15H11ClN4O3/c16-12-4-5-15-18-13(9-19(15)8-12)10-23-17-7-11-2-1-3-14(6-11)20(21)22/h1-9H,10H2. The quantitative estimate of drug-likeness (QED) is 0.407. The van der Waals surface area contributed by atoms with Crippen molar-refractivity contribution in [3.05, 3.63) is 75.2 Å². The van der Waals surface area contributed by atoms with Gasteiger partial charge in [0.25, 0.3) is 5.69 Å². The fourth-order valence-corrected chi connectivity index (χ4v) is 2.18. The molecule has 0 aliphatic rings. The summed E-state index contributed by atoms with van der Waals surface area (Å²) in [6.07, 6.45) is 4.96. The number of nitro benzene ring substituents is 1. The lowest BCUT2D eigenvalue weighted by molar-refractivity contribution is -0.384. The average molecular weight is 331 g/mol. The molecule has 2 heterocycles. The number of halogens is 1. The number of benzene rings is 1. The molecule has 7 nitrogen and oxygen atoms in total. The van der Waals surface area contributed by atoms with Crippen molar-refractivity contribution in [2.45, 2.75) is 6.61 Å². The van der Waals surface area contributed by atoms with Crippen LogP contribution in [0.15, 0.2) is 53.9 Å². The second kappa shape index (κ2) is 6.45. The SMILES string of the molecule is O=[N+]([O-])c1cccc(C=NOCc2cn3cc(Cl)ccc3n2)c1. The van der Waals surface area contributed by atoms with Crippen LogP contribution in [-0.2, 0) is 11.4 Å². The number of nitro groups is 1. The van der Waals surface area contributed by atoms with Crippen LogP contribution in [0.2, 0.25) is 5.02 Å². The van der Waals surface area contributed by atoms with Crippen LogP contribution in [0.1, 0.15) is 11.3 Å². The first-order valence-corrected chi connectivity index (χ1v) is 7.02. The minimum Gasteiger partial charge on any atom is -0.389 e. The van der Waals surface area contributed by atoms with Gasteiger partial charge in [-0.3, -0.25) is 10.1 Å². The van der Waals surface area contributed by atoms with Crippen LogP contribution in [-0.4, -0.2) is 20.5 Å². The van der Waals surface area contributed by atoms with E-state index < -0.39 is 4.92 Å². The molecule has 2 aromatic heterocycles. The van der Waals surface area contributed by atoms with Crippen LogP contribution in [0.3, 0.4) is 0 Å². The zero-order chi connectivity index (χ0) is 16.2. The smallest absolute Gasteiger partial charge is 0.270 e. The van der Waals surface area contributed by atoms with E-state index in [2.05, 4.69) is 10.1 Å². The van der Waals surface area contributed by atoms with Crippen molar-refractivity contribution in [2.75, 3.05) is 0 Å². The Balaban J connectivity index is 1.63. The zero-order valence-corrected chi connectivity index (χ0v) is 12.6. The number of pyridine rings is 1. The van der Waals surface area contributed by atoms with Crippen molar-refractivity contribution >= 4 is 29.2 Å². The molecule has 116 valence electrons.